The third-order valence-corrected chi connectivity index (χ3v) is 3.17. The van der Waals surface area contributed by atoms with E-state index < -0.39 is 0 Å². The first-order valence-electron chi connectivity index (χ1n) is 9.73. The van der Waals surface area contributed by atoms with Crippen molar-refractivity contribution in [2.45, 2.75) is 27.7 Å². The molecular weight excluding hydrogens is 460 g/mol. The number of aromatic nitrogens is 2. The predicted molar refractivity (Wildman–Crippen MR) is 126 cm³/mol. The molecule has 0 N–H and O–H groups in total. The van der Waals surface area contributed by atoms with Crippen molar-refractivity contribution in [2.75, 3.05) is 38.0 Å². The molecule has 2 heterocycles. The maximum atomic E-state index is 9.98. The van der Waals surface area contributed by atoms with Gasteiger partial charge >= 0.3 is 17.4 Å². The number of carbonyl (C=O) groups is 2. The van der Waals surface area contributed by atoms with Crippen LogP contribution in [0.25, 0.3) is 0 Å². The van der Waals surface area contributed by atoms with Crippen LogP contribution in [0.15, 0.2) is 72.7 Å². The van der Waals surface area contributed by atoms with Gasteiger partial charge in [0.15, 0.2) is 11.6 Å². The summed E-state index contributed by atoms with van der Waals surface area (Å²) in [4.78, 5) is 31.8. The summed E-state index contributed by atoms with van der Waals surface area (Å²) in [6.45, 7) is 5.39. The molecule has 0 amide bonds. The molecule has 0 radical (unpaired) electrons. The SMILES string of the molecule is CC(=O)/C=C(/C)[O-].CC(=O)/C=C(/C)[O-].CN(C)c1ccncc1.CN(C)c1ccncc1.[Cr+2]. The fourth-order valence-corrected chi connectivity index (χ4v) is 1.86. The fraction of sp³-hybridized carbons (Fsp3) is 0.333. The van der Waals surface area contributed by atoms with Crippen molar-refractivity contribution < 1.29 is 37.2 Å². The Labute approximate surface area is 208 Å². The van der Waals surface area contributed by atoms with E-state index in [-0.39, 0.29) is 40.4 Å². The zero-order valence-corrected chi connectivity index (χ0v) is 21.9. The van der Waals surface area contributed by atoms with E-state index in [0.29, 0.717) is 0 Å². The maximum absolute atomic E-state index is 9.98. The number of rotatable bonds is 4. The maximum Gasteiger partial charge on any atom is 2.00 e. The number of carbonyl (C=O) groups excluding carboxylic acids is 2. The Kier molecular flexibility index (Phi) is 21.7. The molecule has 0 aliphatic rings. The molecule has 0 bridgehead atoms. The van der Waals surface area contributed by atoms with Crippen molar-refractivity contribution in [2.24, 2.45) is 0 Å². The summed E-state index contributed by atoms with van der Waals surface area (Å²) in [5.74, 6) is -0.750. The minimum atomic E-state index is -0.187. The summed E-state index contributed by atoms with van der Waals surface area (Å²) >= 11 is 0. The number of nitrogens with zero attached hydrogens (tertiary/aromatic N) is 4. The van der Waals surface area contributed by atoms with E-state index in [9.17, 15) is 19.8 Å². The van der Waals surface area contributed by atoms with Crippen molar-refractivity contribution in [1.29, 1.82) is 0 Å². The van der Waals surface area contributed by atoms with Gasteiger partial charge in [-0.2, -0.15) is 0 Å². The molecule has 0 aromatic carbocycles. The van der Waals surface area contributed by atoms with Crippen LogP contribution in [0, 0.1) is 0 Å². The van der Waals surface area contributed by atoms with Gasteiger partial charge in [0.2, 0.25) is 0 Å². The Bertz CT molecular complexity index is 761. The molecule has 180 valence electrons. The molecular formula is C24H34CrN4O4. The van der Waals surface area contributed by atoms with Gasteiger partial charge in [0.25, 0.3) is 0 Å². The molecule has 0 saturated heterocycles. The molecule has 33 heavy (non-hydrogen) atoms. The Morgan fingerprint density at radius 3 is 1.00 bits per heavy atom. The van der Waals surface area contributed by atoms with Crippen molar-refractivity contribution in [3.8, 4) is 0 Å². The second-order valence-electron chi connectivity index (χ2n) is 6.93. The molecule has 0 unspecified atom stereocenters. The van der Waals surface area contributed by atoms with Gasteiger partial charge in [-0.05, 0) is 50.3 Å². The van der Waals surface area contributed by atoms with Crippen LogP contribution in [-0.4, -0.2) is 49.7 Å². The van der Waals surface area contributed by atoms with Gasteiger partial charge in [-0.25, -0.2) is 0 Å². The Morgan fingerprint density at radius 1 is 0.667 bits per heavy atom. The molecule has 0 atom stereocenters. The van der Waals surface area contributed by atoms with Crippen molar-refractivity contribution in [3.63, 3.8) is 0 Å². The van der Waals surface area contributed by atoms with E-state index in [0.717, 1.165) is 12.2 Å². The number of hydrogen-bond acceptors (Lipinski definition) is 8. The van der Waals surface area contributed by atoms with Gasteiger partial charge in [-0.1, -0.05) is 13.8 Å². The molecule has 0 spiro atoms. The summed E-state index contributed by atoms with van der Waals surface area (Å²) in [6, 6.07) is 7.89. The van der Waals surface area contributed by atoms with E-state index >= 15 is 0 Å². The quantitative estimate of drug-likeness (QED) is 0.468. The summed E-state index contributed by atoms with van der Waals surface area (Å²) in [6.07, 6.45) is 9.26. The minimum Gasteiger partial charge on any atom is -0.876 e. The van der Waals surface area contributed by atoms with Crippen molar-refractivity contribution in [1.82, 2.24) is 9.97 Å². The Hall–Kier alpha value is -3.15. The smallest absolute Gasteiger partial charge is 0.876 e. The van der Waals surface area contributed by atoms with Crippen LogP contribution in [0.5, 0.6) is 0 Å². The number of ketones is 2. The molecule has 0 saturated carbocycles. The zero-order valence-electron chi connectivity index (χ0n) is 20.6. The molecule has 2 rings (SSSR count). The van der Waals surface area contributed by atoms with E-state index in [1.54, 1.807) is 24.8 Å². The van der Waals surface area contributed by atoms with Gasteiger partial charge < -0.3 is 20.0 Å². The molecule has 8 nitrogen and oxygen atoms in total. The second-order valence-corrected chi connectivity index (χ2v) is 6.93. The predicted octanol–water partition coefficient (Wildman–Crippen LogP) is 1.97. The average molecular weight is 495 g/mol. The van der Waals surface area contributed by atoms with Crippen LogP contribution in [0.2, 0.25) is 0 Å². The van der Waals surface area contributed by atoms with E-state index in [4.69, 9.17) is 0 Å². The van der Waals surface area contributed by atoms with Gasteiger partial charge in [-0.15, -0.1) is 11.5 Å². The van der Waals surface area contributed by atoms with Crippen LogP contribution in [0.3, 0.4) is 0 Å². The normalized spacial score (nSPS) is 9.82. The molecule has 0 aliphatic carbocycles. The third kappa shape index (κ3) is 25.0. The summed E-state index contributed by atoms with van der Waals surface area (Å²) in [5.41, 5.74) is 2.37. The molecule has 0 fully saturated rings. The number of anilines is 2. The van der Waals surface area contributed by atoms with E-state index in [1.165, 1.54) is 39.1 Å². The van der Waals surface area contributed by atoms with Crippen LogP contribution in [0.1, 0.15) is 27.7 Å². The molecule has 2 aromatic heterocycles. The van der Waals surface area contributed by atoms with Gasteiger partial charge in [-0.3, -0.25) is 19.6 Å². The van der Waals surface area contributed by atoms with Crippen LogP contribution in [0.4, 0.5) is 11.4 Å². The monoisotopic (exact) mass is 494 g/mol. The van der Waals surface area contributed by atoms with Crippen LogP contribution >= 0.6 is 0 Å². The summed E-state index contributed by atoms with van der Waals surface area (Å²) in [5, 5.41) is 20.0. The standard InChI is InChI=1S/2C7H10N2.2C5H8O2.Cr/c2*1-9(2)7-3-5-8-6-4-7;2*1-4(6)3-5(2)7;/h2*3-6H,1-2H3;2*3,6H,1-2H3;/q;;;;+2/p-2/b;;2*4-3-;. The topological polar surface area (TPSA) is 113 Å². The number of allylic oxidation sites excluding steroid dienone is 4. The number of hydrogen-bond donors (Lipinski definition) is 0. The first kappa shape index (κ1) is 34.5. The van der Waals surface area contributed by atoms with Gasteiger partial charge in [0.1, 0.15) is 0 Å². The van der Waals surface area contributed by atoms with E-state index in [1.807, 2.05) is 62.3 Å². The first-order valence-corrected chi connectivity index (χ1v) is 9.73. The average Bonchev–Trinajstić information content (AvgIpc) is 2.68. The van der Waals surface area contributed by atoms with Crippen LogP contribution in [-0.2, 0) is 27.0 Å². The van der Waals surface area contributed by atoms with Crippen LogP contribution < -0.4 is 20.0 Å². The summed E-state index contributed by atoms with van der Waals surface area (Å²) in [7, 11) is 8.04. The second kappa shape index (κ2) is 20.7. The number of pyridine rings is 2. The van der Waals surface area contributed by atoms with Gasteiger partial charge in [0.05, 0.1) is 0 Å². The van der Waals surface area contributed by atoms with Crippen molar-refractivity contribution in [3.05, 3.63) is 72.7 Å². The largest absolute Gasteiger partial charge is 2.00 e. The molecule has 0 aliphatic heterocycles. The Morgan fingerprint density at radius 2 is 0.909 bits per heavy atom. The van der Waals surface area contributed by atoms with Gasteiger partial charge in [0, 0.05) is 64.4 Å². The van der Waals surface area contributed by atoms with Crippen molar-refractivity contribution >= 4 is 22.9 Å². The first-order chi connectivity index (χ1) is 14.9. The molecule has 9 heteroatoms. The minimum absolute atomic E-state index is 0. The zero-order chi connectivity index (χ0) is 25.1. The summed E-state index contributed by atoms with van der Waals surface area (Å²) < 4.78 is 0. The Balaban J connectivity index is -0.000000363. The molecule has 2 aromatic rings. The van der Waals surface area contributed by atoms with E-state index in [2.05, 4.69) is 9.97 Å². The fourth-order valence-electron chi connectivity index (χ4n) is 1.86. The third-order valence-electron chi connectivity index (χ3n) is 3.17.